The van der Waals surface area contributed by atoms with Gasteiger partial charge in [-0.2, -0.15) is 25.3 Å². The van der Waals surface area contributed by atoms with Crippen LogP contribution in [-0.2, 0) is 0 Å². The third-order valence-corrected chi connectivity index (χ3v) is 5.46. The molecular formula is C11H14S5. The summed E-state index contributed by atoms with van der Waals surface area (Å²) >= 11 is 16.8. The fourth-order valence-corrected chi connectivity index (χ4v) is 3.71. The Morgan fingerprint density at radius 3 is 1.94 bits per heavy atom. The maximum absolute atomic E-state index is 4.84. The highest BCUT2D eigenvalue weighted by Crippen LogP contribution is 2.25. The van der Waals surface area contributed by atoms with Crippen molar-refractivity contribution in [2.24, 2.45) is 0 Å². The molecule has 0 aromatic heterocycles. The van der Waals surface area contributed by atoms with Gasteiger partial charge in [-0.05, 0) is 12.5 Å². The van der Waals surface area contributed by atoms with Gasteiger partial charge < -0.3 is 0 Å². The van der Waals surface area contributed by atoms with Crippen LogP contribution in [0.3, 0.4) is 0 Å². The van der Waals surface area contributed by atoms with Crippen LogP contribution in [0.4, 0.5) is 0 Å². The zero-order valence-corrected chi connectivity index (χ0v) is 13.2. The molecule has 88 valence electrons. The molecule has 0 unspecified atom stereocenters. The van der Waals surface area contributed by atoms with Crippen LogP contribution < -0.4 is 0 Å². The standard InChI is InChI=1S/C8H10S2.C3H4S3/c1-6-2-4-7(5-3-6)8(9)10;4-3-5-1-2-6-3/h2-5,8-10H,1H3;1-2H2. The topological polar surface area (TPSA) is 0 Å². The number of benzene rings is 1. The normalized spacial score (nSPS) is 14.9. The number of aryl methyl sites for hydroxylation is 1. The van der Waals surface area contributed by atoms with Gasteiger partial charge in [0.2, 0.25) is 0 Å². The molecule has 1 fully saturated rings. The van der Waals surface area contributed by atoms with Gasteiger partial charge in [0.15, 0.2) is 0 Å². The van der Waals surface area contributed by atoms with Crippen molar-refractivity contribution < 1.29 is 0 Å². The zero-order valence-electron chi connectivity index (χ0n) is 8.92. The van der Waals surface area contributed by atoms with Gasteiger partial charge in [0.05, 0.1) is 4.58 Å². The van der Waals surface area contributed by atoms with Crippen molar-refractivity contribution in [3.8, 4) is 0 Å². The molecule has 0 spiro atoms. The molecule has 1 aromatic rings. The van der Waals surface area contributed by atoms with Crippen LogP contribution >= 0.6 is 61.0 Å². The minimum absolute atomic E-state index is 0.0422. The van der Waals surface area contributed by atoms with E-state index >= 15 is 0 Å². The molecule has 1 aliphatic heterocycles. The van der Waals surface area contributed by atoms with Crippen LogP contribution in [0.15, 0.2) is 24.3 Å². The van der Waals surface area contributed by atoms with Crippen LogP contribution in [0.1, 0.15) is 15.7 Å². The summed E-state index contributed by atoms with van der Waals surface area (Å²) in [6.07, 6.45) is 0. The quantitative estimate of drug-likeness (QED) is 0.442. The Balaban J connectivity index is 0.000000181. The summed E-state index contributed by atoms with van der Waals surface area (Å²) in [6.45, 7) is 2.07. The van der Waals surface area contributed by atoms with Crippen molar-refractivity contribution in [3.63, 3.8) is 0 Å². The smallest absolute Gasteiger partial charge is 0.104 e. The molecule has 0 radical (unpaired) electrons. The van der Waals surface area contributed by atoms with E-state index < -0.39 is 0 Å². The highest BCUT2D eigenvalue weighted by Gasteiger charge is 2.04. The van der Waals surface area contributed by atoms with Crippen molar-refractivity contribution in [3.05, 3.63) is 35.4 Å². The van der Waals surface area contributed by atoms with Gasteiger partial charge in [-0.25, -0.2) is 0 Å². The third-order valence-electron chi connectivity index (χ3n) is 1.90. The number of thioether (sulfide) groups is 2. The molecule has 0 saturated carbocycles. The van der Waals surface area contributed by atoms with E-state index in [4.69, 9.17) is 12.2 Å². The van der Waals surface area contributed by atoms with E-state index in [0.29, 0.717) is 0 Å². The molecule has 0 atom stereocenters. The summed E-state index contributed by atoms with van der Waals surface area (Å²) in [4.78, 5) is 0. The lowest BCUT2D eigenvalue weighted by Crippen LogP contribution is -1.80. The molecule has 0 amide bonds. The van der Waals surface area contributed by atoms with Gasteiger partial charge in [-0.3, -0.25) is 0 Å². The molecule has 5 heteroatoms. The Bertz CT molecular complexity index is 323. The Morgan fingerprint density at radius 2 is 1.62 bits per heavy atom. The molecule has 16 heavy (non-hydrogen) atoms. The second kappa shape index (κ2) is 7.93. The number of thiol groups is 2. The molecule has 1 aliphatic rings. The van der Waals surface area contributed by atoms with Crippen LogP contribution in [0.5, 0.6) is 0 Å². The van der Waals surface area contributed by atoms with E-state index in [2.05, 4.69) is 44.3 Å². The van der Waals surface area contributed by atoms with Gasteiger partial charge >= 0.3 is 0 Å². The molecule has 0 bridgehead atoms. The van der Waals surface area contributed by atoms with Crippen LogP contribution in [0.25, 0.3) is 0 Å². The fourth-order valence-electron chi connectivity index (χ4n) is 1.03. The first kappa shape index (κ1) is 14.8. The Kier molecular flexibility index (Phi) is 7.32. The van der Waals surface area contributed by atoms with Crippen molar-refractivity contribution in [2.45, 2.75) is 11.5 Å². The molecule has 2 rings (SSSR count). The van der Waals surface area contributed by atoms with Gasteiger partial charge in [-0.15, -0.1) is 23.5 Å². The Hall–Kier alpha value is 0.710. The first-order valence-corrected chi connectivity index (χ1v) is 8.23. The van der Waals surface area contributed by atoms with E-state index in [9.17, 15) is 0 Å². The third kappa shape index (κ3) is 5.87. The van der Waals surface area contributed by atoms with Crippen LogP contribution in [0.2, 0.25) is 0 Å². The Morgan fingerprint density at radius 1 is 1.12 bits per heavy atom. The van der Waals surface area contributed by atoms with Gasteiger partial charge in [0, 0.05) is 11.5 Å². The van der Waals surface area contributed by atoms with Crippen molar-refractivity contribution in [1.29, 1.82) is 0 Å². The van der Waals surface area contributed by atoms with E-state index in [0.717, 1.165) is 9.09 Å². The predicted molar refractivity (Wildman–Crippen MR) is 89.4 cm³/mol. The zero-order chi connectivity index (χ0) is 12.0. The van der Waals surface area contributed by atoms with Crippen molar-refractivity contribution in [1.82, 2.24) is 0 Å². The number of hydrogen-bond acceptors (Lipinski definition) is 5. The van der Waals surface area contributed by atoms with E-state index in [1.54, 1.807) is 23.5 Å². The predicted octanol–water partition coefficient (Wildman–Crippen LogP) is 4.60. The highest BCUT2D eigenvalue weighted by atomic mass is 32.2. The van der Waals surface area contributed by atoms with Gasteiger partial charge in [0.25, 0.3) is 0 Å². The van der Waals surface area contributed by atoms with Crippen molar-refractivity contribution >= 4 is 64.5 Å². The molecule has 0 N–H and O–H groups in total. The lowest BCUT2D eigenvalue weighted by atomic mass is 10.2. The average Bonchev–Trinajstić information content (AvgIpc) is 2.71. The van der Waals surface area contributed by atoms with Crippen LogP contribution in [0, 0.1) is 6.92 Å². The highest BCUT2D eigenvalue weighted by molar-refractivity contribution is 8.49. The second-order valence-electron chi connectivity index (χ2n) is 3.23. The van der Waals surface area contributed by atoms with Gasteiger partial charge in [0.1, 0.15) is 3.53 Å². The summed E-state index contributed by atoms with van der Waals surface area (Å²) in [5.74, 6) is 2.45. The molecule has 0 nitrogen and oxygen atoms in total. The van der Waals surface area contributed by atoms with E-state index in [1.807, 2.05) is 12.1 Å². The summed E-state index contributed by atoms with van der Waals surface area (Å²) in [5.41, 5.74) is 2.42. The van der Waals surface area contributed by atoms with Crippen molar-refractivity contribution in [2.75, 3.05) is 11.5 Å². The molecular weight excluding hydrogens is 292 g/mol. The summed E-state index contributed by atoms with van der Waals surface area (Å²) in [6, 6.07) is 8.21. The molecule has 0 aliphatic carbocycles. The van der Waals surface area contributed by atoms with Crippen LogP contribution in [-0.4, -0.2) is 15.0 Å². The number of rotatable bonds is 1. The maximum Gasteiger partial charge on any atom is 0.104 e. The average molecular weight is 307 g/mol. The van der Waals surface area contributed by atoms with Gasteiger partial charge in [-0.1, -0.05) is 42.0 Å². The lowest BCUT2D eigenvalue weighted by Gasteiger charge is -2.02. The molecule has 1 aromatic carbocycles. The monoisotopic (exact) mass is 306 g/mol. The lowest BCUT2D eigenvalue weighted by molar-refractivity contribution is 1.36. The summed E-state index contributed by atoms with van der Waals surface area (Å²) in [5, 5.41) is 0. The SMILES string of the molecule is Cc1ccc(C(S)S)cc1.S=C1SCCS1. The minimum Gasteiger partial charge on any atom is -0.160 e. The fraction of sp³-hybridized carbons (Fsp3) is 0.364. The second-order valence-corrected chi connectivity index (χ2v) is 8.07. The molecule has 1 heterocycles. The Labute approximate surface area is 122 Å². The van der Waals surface area contributed by atoms with E-state index in [-0.39, 0.29) is 4.58 Å². The number of thiocarbonyl (C=S) groups is 1. The summed E-state index contributed by atoms with van der Waals surface area (Å²) < 4.78 is 1.16. The minimum atomic E-state index is 0.0422. The molecule has 1 saturated heterocycles. The first-order chi connectivity index (χ1) is 7.59. The largest absolute Gasteiger partial charge is 0.160 e. The maximum atomic E-state index is 4.84. The summed E-state index contributed by atoms with van der Waals surface area (Å²) in [7, 11) is 0. The first-order valence-electron chi connectivity index (χ1n) is 4.82. The van der Waals surface area contributed by atoms with E-state index in [1.165, 1.54) is 17.1 Å². The number of hydrogen-bond donors (Lipinski definition) is 2.